The Balaban J connectivity index is 2.18. The Hall–Kier alpha value is -0.650. The van der Waals surface area contributed by atoms with Crippen molar-refractivity contribution in [2.45, 2.75) is 38.0 Å². The molecule has 0 radical (unpaired) electrons. The van der Waals surface area contributed by atoms with Crippen LogP contribution < -0.4 is 11.1 Å². The van der Waals surface area contributed by atoms with Crippen LogP contribution in [0.2, 0.25) is 0 Å². The Labute approximate surface area is 90.3 Å². The van der Waals surface area contributed by atoms with E-state index in [4.69, 9.17) is 15.2 Å². The van der Waals surface area contributed by atoms with E-state index in [-0.39, 0.29) is 18.5 Å². The van der Waals surface area contributed by atoms with Crippen molar-refractivity contribution >= 4 is 5.91 Å². The maximum atomic E-state index is 11.5. The Bertz CT molecular complexity index is 201. The first-order valence-corrected chi connectivity index (χ1v) is 5.36. The van der Waals surface area contributed by atoms with Gasteiger partial charge in [0, 0.05) is 26.3 Å². The number of methoxy groups -OCH3 is 1. The van der Waals surface area contributed by atoms with E-state index in [2.05, 4.69) is 5.32 Å². The van der Waals surface area contributed by atoms with E-state index in [1.165, 1.54) is 7.11 Å². The summed E-state index contributed by atoms with van der Waals surface area (Å²) in [5.41, 5.74) is 5.38. The molecule has 1 saturated carbocycles. The molecule has 0 aliphatic heterocycles. The molecule has 1 atom stereocenters. The van der Waals surface area contributed by atoms with E-state index < -0.39 is 6.10 Å². The number of carbonyl (C=O) groups is 1. The summed E-state index contributed by atoms with van der Waals surface area (Å²) in [6, 6.07) is 0.221. The number of ether oxygens (including phenoxy) is 2. The summed E-state index contributed by atoms with van der Waals surface area (Å²) in [5.74, 6) is -0.125. The summed E-state index contributed by atoms with van der Waals surface area (Å²) < 4.78 is 10.3. The van der Waals surface area contributed by atoms with Crippen LogP contribution in [-0.2, 0) is 14.3 Å². The third kappa shape index (κ3) is 3.44. The molecule has 1 aliphatic rings. The molecule has 0 aromatic rings. The van der Waals surface area contributed by atoms with Crippen molar-refractivity contribution in [1.82, 2.24) is 5.32 Å². The Morgan fingerprint density at radius 1 is 1.60 bits per heavy atom. The van der Waals surface area contributed by atoms with Gasteiger partial charge in [-0.05, 0) is 19.8 Å². The minimum atomic E-state index is -0.531. The maximum Gasteiger partial charge on any atom is 0.250 e. The zero-order valence-electron chi connectivity index (χ0n) is 9.36. The van der Waals surface area contributed by atoms with E-state index >= 15 is 0 Å². The summed E-state index contributed by atoms with van der Waals surface area (Å²) >= 11 is 0. The average Bonchev–Trinajstić information content (AvgIpc) is 2.16. The second-order valence-corrected chi connectivity index (χ2v) is 3.71. The fourth-order valence-corrected chi connectivity index (χ4v) is 1.66. The van der Waals surface area contributed by atoms with Gasteiger partial charge in [0.1, 0.15) is 6.10 Å². The maximum absolute atomic E-state index is 11.5. The normalized spacial score (nSPS) is 26.9. The zero-order valence-corrected chi connectivity index (χ0v) is 9.36. The first-order chi connectivity index (χ1) is 7.21. The van der Waals surface area contributed by atoms with Gasteiger partial charge in [0.15, 0.2) is 0 Å². The molecule has 5 nitrogen and oxygen atoms in total. The van der Waals surface area contributed by atoms with Crippen molar-refractivity contribution in [2.24, 2.45) is 5.73 Å². The molecule has 0 aromatic heterocycles. The molecule has 0 aromatic carbocycles. The molecule has 1 fully saturated rings. The van der Waals surface area contributed by atoms with Crippen molar-refractivity contribution < 1.29 is 14.3 Å². The summed E-state index contributed by atoms with van der Waals surface area (Å²) in [6.45, 7) is 2.92. The van der Waals surface area contributed by atoms with Gasteiger partial charge in [0.25, 0.3) is 5.91 Å². The van der Waals surface area contributed by atoms with Gasteiger partial charge in [-0.1, -0.05) is 0 Å². The Kier molecular flexibility index (Phi) is 5.01. The van der Waals surface area contributed by atoms with Crippen LogP contribution in [0.1, 0.15) is 19.8 Å². The lowest BCUT2D eigenvalue weighted by Crippen LogP contribution is -2.52. The lowest BCUT2D eigenvalue weighted by atomic mass is 9.89. The third-order valence-corrected chi connectivity index (χ3v) is 2.63. The van der Waals surface area contributed by atoms with Crippen LogP contribution in [0.15, 0.2) is 0 Å². The van der Waals surface area contributed by atoms with Gasteiger partial charge >= 0.3 is 0 Å². The summed E-state index contributed by atoms with van der Waals surface area (Å²) in [4.78, 5) is 11.5. The number of nitrogens with two attached hydrogens (primary N) is 1. The van der Waals surface area contributed by atoms with E-state index in [1.807, 2.05) is 6.92 Å². The highest BCUT2D eigenvalue weighted by Crippen LogP contribution is 2.23. The second kappa shape index (κ2) is 6.05. The van der Waals surface area contributed by atoms with E-state index in [0.29, 0.717) is 6.10 Å². The predicted molar refractivity (Wildman–Crippen MR) is 56.4 cm³/mol. The van der Waals surface area contributed by atoms with Gasteiger partial charge in [-0.25, -0.2) is 0 Å². The highest BCUT2D eigenvalue weighted by Gasteiger charge is 2.32. The molecule has 1 aliphatic carbocycles. The van der Waals surface area contributed by atoms with Gasteiger partial charge in [0.05, 0.1) is 6.10 Å². The van der Waals surface area contributed by atoms with Crippen molar-refractivity contribution in [1.29, 1.82) is 0 Å². The van der Waals surface area contributed by atoms with Crippen LogP contribution in [0, 0.1) is 0 Å². The van der Waals surface area contributed by atoms with Crippen LogP contribution in [0.3, 0.4) is 0 Å². The first kappa shape index (κ1) is 12.4. The molecule has 3 N–H and O–H groups in total. The van der Waals surface area contributed by atoms with E-state index in [1.54, 1.807) is 0 Å². The standard InChI is InChI=1S/C10H20N2O3/c1-3-15-8-4-7(5-8)12-10(13)9(6-11)14-2/h7-9H,3-6,11H2,1-2H3,(H,12,13). The number of rotatable bonds is 6. The Morgan fingerprint density at radius 2 is 2.27 bits per heavy atom. The van der Waals surface area contributed by atoms with Gasteiger partial charge < -0.3 is 20.5 Å². The summed E-state index contributed by atoms with van der Waals surface area (Å²) in [6.07, 6.45) is 1.55. The largest absolute Gasteiger partial charge is 0.378 e. The molecule has 1 rings (SSSR count). The van der Waals surface area contributed by atoms with Gasteiger partial charge in [-0.3, -0.25) is 4.79 Å². The lowest BCUT2D eigenvalue weighted by Gasteiger charge is -2.35. The minimum Gasteiger partial charge on any atom is -0.378 e. The molecule has 1 amide bonds. The molecule has 1 unspecified atom stereocenters. The summed E-state index contributed by atoms with van der Waals surface area (Å²) in [5, 5.41) is 2.88. The monoisotopic (exact) mass is 216 g/mol. The summed E-state index contributed by atoms with van der Waals surface area (Å²) in [7, 11) is 1.49. The fourth-order valence-electron chi connectivity index (χ4n) is 1.66. The van der Waals surface area contributed by atoms with Crippen molar-refractivity contribution in [3.05, 3.63) is 0 Å². The second-order valence-electron chi connectivity index (χ2n) is 3.71. The van der Waals surface area contributed by atoms with E-state index in [0.717, 1.165) is 19.4 Å². The van der Waals surface area contributed by atoms with E-state index in [9.17, 15) is 4.79 Å². The third-order valence-electron chi connectivity index (χ3n) is 2.63. The molecule has 5 heteroatoms. The SMILES string of the molecule is CCOC1CC(NC(=O)C(CN)OC)C1. The van der Waals surface area contributed by atoms with Crippen molar-refractivity contribution in [3.8, 4) is 0 Å². The highest BCUT2D eigenvalue weighted by molar-refractivity contribution is 5.81. The van der Waals surface area contributed by atoms with Crippen molar-refractivity contribution in [3.63, 3.8) is 0 Å². The number of nitrogens with one attached hydrogen (secondary N) is 1. The quantitative estimate of drug-likeness (QED) is 0.636. The van der Waals surface area contributed by atoms with Crippen LogP contribution in [-0.4, -0.2) is 44.4 Å². The number of hydrogen-bond acceptors (Lipinski definition) is 4. The molecular weight excluding hydrogens is 196 g/mol. The van der Waals surface area contributed by atoms with Gasteiger partial charge in [-0.15, -0.1) is 0 Å². The first-order valence-electron chi connectivity index (χ1n) is 5.36. The number of amides is 1. The topological polar surface area (TPSA) is 73.6 Å². The van der Waals surface area contributed by atoms with Gasteiger partial charge in [-0.2, -0.15) is 0 Å². The lowest BCUT2D eigenvalue weighted by molar-refractivity contribution is -0.133. The Morgan fingerprint density at radius 3 is 2.73 bits per heavy atom. The minimum absolute atomic E-state index is 0.125. The van der Waals surface area contributed by atoms with Crippen LogP contribution in [0.25, 0.3) is 0 Å². The van der Waals surface area contributed by atoms with Crippen molar-refractivity contribution in [2.75, 3.05) is 20.3 Å². The predicted octanol–water partition coefficient (Wildman–Crippen LogP) is -0.356. The number of hydrogen-bond donors (Lipinski definition) is 2. The van der Waals surface area contributed by atoms with Gasteiger partial charge in [0.2, 0.25) is 0 Å². The van der Waals surface area contributed by atoms with Crippen LogP contribution >= 0.6 is 0 Å². The average molecular weight is 216 g/mol. The molecule has 0 spiro atoms. The zero-order chi connectivity index (χ0) is 11.3. The number of carbonyl (C=O) groups excluding carboxylic acids is 1. The smallest absolute Gasteiger partial charge is 0.250 e. The molecule has 88 valence electrons. The van der Waals surface area contributed by atoms with Crippen LogP contribution in [0.4, 0.5) is 0 Å². The molecule has 15 heavy (non-hydrogen) atoms. The van der Waals surface area contributed by atoms with Crippen LogP contribution in [0.5, 0.6) is 0 Å². The molecule has 0 bridgehead atoms. The highest BCUT2D eigenvalue weighted by atomic mass is 16.5. The molecule has 0 saturated heterocycles. The molecular formula is C10H20N2O3. The fraction of sp³-hybridized carbons (Fsp3) is 0.900. The molecule has 0 heterocycles.